The minimum atomic E-state index is 0.707. The third-order valence-electron chi connectivity index (χ3n) is 3.79. The summed E-state index contributed by atoms with van der Waals surface area (Å²) in [6.45, 7) is 2.85. The zero-order valence-electron chi connectivity index (χ0n) is 12.1. The summed E-state index contributed by atoms with van der Waals surface area (Å²) < 4.78 is 7.47. The summed E-state index contributed by atoms with van der Waals surface area (Å²) >= 11 is 0. The van der Waals surface area contributed by atoms with Crippen molar-refractivity contribution in [2.75, 3.05) is 7.11 Å². The molecule has 1 aromatic heterocycles. The van der Waals surface area contributed by atoms with E-state index in [0.29, 0.717) is 5.56 Å². The number of aromatic nitrogens is 1. The molecule has 0 aliphatic rings. The lowest BCUT2D eigenvalue weighted by atomic mass is 10.1. The number of fused-ring (bicyclic) bond motifs is 1. The number of aryl methyl sites for hydroxylation is 1. The number of nitriles is 1. The Morgan fingerprint density at radius 1 is 1.14 bits per heavy atom. The number of hydrogen-bond acceptors (Lipinski definition) is 2. The first-order valence-electron chi connectivity index (χ1n) is 6.84. The molecule has 0 saturated heterocycles. The predicted octanol–water partition coefficient (Wildman–Crippen LogP) is 3.88. The van der Waals surface area contributed by atoms with E-state index in [4.69, 9.17) is 10.00 Å². The van der Waals surface area contributed by atoms with Gasteiger partial charge in [-0.15, -0.1) is 0 Å². The van der Waals surface area contributed by atoms with Gasteiger partial charge in [-0.3, -0.25) is 0 Å². The molecule has 0 radical (unpaired) electrons. The quantitative estimate of drug-likeness (QED) is 0.728. The van der Waals surface area contributed by atoms with E-state index in [1.165, 1.54) is 16.5 Å². The molecule has 3 rings (SSSR count). The summed E-state index contributed by atoms with van der Waals surface area (Å²) in [6, 6.07) is 16.2. The SMILES string of the molecule is COc1ccc2c(ccn2Cc2ccc(C#N)cc2C)c1. The predicted molar refractivity (Wildman–Crippen MR) is 83.5 cm³/mol. The van der Waals surface area contributed by atoms with Crippen LogP contribution in [0.25, 0.3) is 10.9 Å². The van der Waals surface area contributed by atoms with Gasteiger partial charge in [-0.05, 0) is 54.4 Å². The zero-order chi connectivity index (χ0) is 14.8. The molecule has 3 heteroatoms. The van der Waals surface area contributed by atoms with Gasteiger partial charge in [0.1, 0.15) is 5.75 Å². The maximum Gasteiger partial charge on any atom is 0.119 e. The molecule has 0 N–H and O–H groups in total. The Morgan fingerprint density at radius 2 is 2.00 bits per heavy atom. The van der Waals surface area contributed by atoms with E-state index in [2.05, 4.69) is 29.0 Å². The van der Waals surface area contributed by atoms with E-state index >= 15 is 0 Å². The lowest BCUT2D eigenvalue weighted by Crippen LogP contribution is -2.00. The van der Waals surface area contributed by atoms with E-state index in [1.807, 2.05) is 37.3 Å². The molecule has 0 bridgehead atoms. The van der Waals surface area contributed by atoms with Crippen molar-refractivity contribution in [2.45, 2.75) is 13.5 Å². The fourth-order valence-electron chi connectivity index (χ4n) is 2.57. The van der Waals surface area contributed by atoms with Gasteiger partial charge in [-0.25, -0.2) is 0 Å². The number of rotatable bonds is 3. The highest BCUT2D eigenvalue weighted by Gasteiger charge is 2.05. The van der Waals surface area contributed by atoms with Crippen LogP contribution >= 0.6 is 0 Å². The molecule has 1 heterocycles. The fraction of sp³-hybridized carbons (Fsp3) is 0.167. The monoisotopic (exact) mass is 276 g/mol. The van der Waals surface area contributed by atoms with Crippen LogP contribution in [-0.2, 0) is 6.54 Å². The second-order valence-corrected chi connectivity index (χ2v) is 5.12. The molecule has 21 heavy (non-hydrogen) atoms. The van der Waals surface area contributed by atoms with Gasteiger partial charge >= 0.3 is 0 Å². The molecule has 0 unspecified atom stereocenters. The molecular weight excluding hydrogens is 260 g/mol. The van der Waals surface area contributed by atoms with Gasteiger partial charge in [0.25, 0.3) is 0 Å². The first-order valence-corrected chi connectivity index (χ1v) is 6.84. The van der Waals surface area contributed by atoms with E-state index in [-0.39, 0.29) is 0 Å². The minimum Gasteiger partial charge on any atom is -0.497 e. The third kappa shape index (κ3) is 2.48. The Morgan fingerprint density at radius 3 is 2.71 bits per heavy atom. The summed E-state index contributed by atoms with van der Waals surface area (Å²) in [5.74, 6) is 0.870. The highest BCUT2D eigenvalue weighted by atomic mass is 16.5. The number of methoxy groups -OCH3 is 1. The van der Waals surface area contributed by atoms with Gasteiger partial charge in [-0.1, -0.05) is 6.07 Å². The van der Waals surface area contributed by atoms with Crippen molar-refractivity contribution < 1.29 is 4.74 Å². The number of ether oxygens (including phenoxy) is 1. The Balaban J connectivity index is 1.97. The second kappa shape index (κ2) is 5.34. The van der Waals surface area contributed by atoms with Gasteiger partial charge in [0.15, 0.2) is 0 Å². The van der Waals surface area contributed by atoms with E-state index in [1.54, 1.807) is 7.11 Å². The van der Waals surface area contributed by atoms with E-state index in [0.717, 1.165) is 17.9 Å². The first-order chi connectivity index (χ1) is 10.2. The van der Waals surface area contributed by atoms with Crippen LogP contribution in [0.2, 0.25) is 0 Å². The number of nitrogens with zero attached hydrogens (tertiary/aromatic N) is 2. The van der Waals surface area contributed by atoms with Crippen molar-refractivity contribution >= 4 is 10.9 Å². The van der Waals surface area contributed by atoms with Crippen molar-refractivity contribution in [3.05, 3.63) is 65.4 Å². The molecular formula is C18H16N2O. The summed E-state index contributed by atoms with van der Waals surface area (Å²) in [4.78, 5) is 0. The van der Waals surface area contributed by atoms with Crippen LogP contribution in [0.4, 0.5) is 0 Å². The molecule has 0 spiro atoms. The van der Waals surface area contributed by atoms with Crippen molar-refractivity contribution in [1.29, 1.82) is 5.26 Å². The van der Waals surface area contributed by atoms with Crippen molar-refractivity contribution in [3.63, 3.8) is 0 Å². The van der Waals surface area contributed by atoms with Crippen molar-refractivity contribution in [3.8, 4) is 11.8 Å². The average Bonchev–Trinajstić information content (AvgIpc) is 2.91. The fourth-order valence-corrected chi connectivity index (χ4v) is 2.57. The molecule has 0 saturated carbocycles. The molecule has 0 fully saturated rings. The van der Waals surface area contributed by atoms with Gasteiger partial charge in [0, 0.05) is 23.6 Å². The highest BCUT2D eigenvalue weighted by Crippen LogP contribution is 2.23. The minimum absolute atomic E-state index is 0.707. The Kier molecular flexibility index (Phi) is 3.37. The summed E-state index contributed by atoms with van der Waals surface area (Å²) in [7, 11) is 1.68. The first kappa shape index (κ1) is 13.3. The van der Waals surface area contributed by atoms with Crippen LogP contribution in [0.3, 0.4) is 0 Å². The normalized spacial score (nSPS) is 10.5. The van der Waals surface area contributed by atoms with Crippen LogP contribution in [0.15, 0.2) is 48.7 Å². The van der Waals surface area contributed by atoms with Gasteiger partial charge in [0.2, 0.25) is 0 Å². The standard InChI is InChI=1S/C18H16N2O/c1-13-9-14(11-19)3-4-16(13)12-20-8-7-15-10-17(21-2)5-6-18(15)20/h3-10H,12H2,1-2H3. The maximum atomic E-state index is 8.93. The summed E-state index contributed by atoms with van der Waals surface area (Å²) in [5.41, 5.74) is 4.25. The number of benzene rings is 2. The van der Waals surface area contributed by atoms with Crippen LogP contribution in [0, 0.1) is 18.3 Å². The molecule has 2 aromatic carbocycles. The number of hydrogen-bond donors (Lipinski definition) is 0. The topological polar surface area (TPSA) is 38.0 Å². The second-order valence-electron chi connectivity index (χ2n) is 5.12. The van der Waals surface area contributed by atoms with Crippen molar-refractivity contribution in [2.24, 2.45) is 0 Å². The maximum absolute atomic E-state index is 8.93. The lowest BCUT2D eigenvalue weighted by molar-refractivity contribution is 0.415. The average molecular weight is 276 g/mol. The smallest absolute Gasteiger partial charge is 0.119 e. The third-order valence-corrected chi connectivity index (χ3v) is 3.79. The Labute approximate surface area is 124 Å². The Bertz CT molecular complexity index is 840. The lowest BCUT2D eigenvalue weighted by Gasteiger charge is -2.09. The summed E-state index contributed by atoms with van der Waals surface area (Å²) in [6.07, 6.45) is 2.09. The van der Waals surface area contributed by atoms with Gasteiger partial charge in [0.05, 0.1) is 18.7 Å². The molecule has 0 atom stereocenters. The molecule has 0 aliphatic heterocycles. The van der Waals surface area contributed by atoms with Crippen LogP contribution in [0.5, 0.6) is 5.75 Å². The molecule has 0 aliphatic carbocycles. The van der Waals surface area contributed by atoms with E-state index in [9.17, 15) is 0 Å². The summed E-state index contributed by atoms with van der Waals surface area (Å²) in [5, 5.41) is 10.1. The molecule has 0 amide bonds. The van der Waals surface area contributed by atoms with Gasteiger partial charge < -0.3 is 9.30 Å². The molecule has 104 valence electrons. The van der Waals surface area contributed by atoms with Crippen LogP contribution in [-0.4, -0.2) is 11.7 Å². The Hall–Kier alpha value is -2.73. The van der Waals surface area contributed by atoms with Crippen LogP contribution in [0.1, 0.15) is 16.7 Å². The van der Waals surface area contributed by atoms with Gasteiger partial charge in [-0.2, -0.15) is 5.26 Å². The molecule has 3 nitrogen and oxygen atoms in total. The molecule has 3 aromatic rings. The van der Waals surface area contributed by atoms with E-state index < -0.39 is 0 Å². The van der Waals surface area contributed by atoms with Crippen molar-refractivity contribution in [1.82, 2.24) is 4.57 Å². The zero-order valence-corrected chi connectivity index (χ0v) is 12.1. The largest absolute Gasteiger partial charge is 0.497 e. The van der Waals surface area contributed by atoms with Crippen LogP contribution < -0.4 is 4.74 Å². The highest BCUT2D eigenvalue weighted by molar-refractivity contribution is 5.81.